The summed E-state index contributed by atoms with van der Waals surface area (Å²) in [7, 11) is 0. The van der Waals surface area contributed by atoms with Crippen molar-refractivity contribution in [1.29, 1.82) is 0 Å². The smallest absolute Gasteiger partial charge is 0.359 e. The van der Waals surface area contributed by atoms with Crippen LogP contribution in [0.4, 0.5) is 0 Å². The van der Waals surface area contributed by atoms with Gasteiger partial charge in [0.15, 0.2) is 0 Å². The van der Waals surface area contributed by atoms with Gasteiger partial charge in [0.05, 0.1) is 0 Å². The molecule has 0 radical (unpaired) electrons. The highest BCUT2D eigenvalue weighted by Crippen LogP contribution is 2.12. The molecule has 0 aliphatic rings. The molecular formula is C4H2ClNO3. The molecule has 0 fully saturated rings. The molecule has 48 valence electrons. The number of nitrogens with zero attached hydrogens (tertiary/aromatic N) is 1. The fraction of sp³-hybridized carbons (Fsp3) is 0. The van der Waals surface area contributed by atoms with Crippen LogP contribution in [0.1, 0.15) is 10.5 Å². The summed E-state index contributed by atoms with van der Waals surface area (Å²) in [5.41, 5.74) is -0.253. The van der Waals surface area contributed by atoms with E-state index in [0.717, 1.165) is 6.26 Å². The molecule has 0 aliphatic heterocycles. The summed E-state index contributed by atoms with van der Waals surface area (Å²) in [6.45, 7) is 0. The Morgan fingerprint density at radius 3 is 2.78 bits per heavy atom. The molecule has 0 atom stereocenters. The summed E-state index contributed by atoms with van der Waals surface area (Å²) < 4.78 is 4.24. The zero-order valence-electron chi connectivity index (χ0n) is 4.17. The molecule has 0 aromatic carbocycles. The van der Waals surface area contributed by atoms with Gasteiger partial charge >= 0.3 is 5.97 Å². The van der Waals surface area contributed by atoms with E-state index in [0.29, 0.717) is 0 Å². The highest BCUT2D eigenvalue weighted by atomic mass is 35.5. The summed E-state index contributed by atoms with van der Waals surface area (Å²) in [5, 5.41) is 11.4. The Bertz CT molecular complexity index is 231. The first kappa shape index (κ1) is 6.10. The third-order valence-corrected chi connectivity index (χ3v) is 0.997. The van der Waals surface area contributed by atoms with E-state index in [1.807, 2.05) is 0 Å². The van der Waals surface area contributed by atoms with Crippen molar-refractivity contribution in [2.75, 3.05) is 0 Å². The normalized spacial score (nSPS) is 9.44. The highest BCUT2D eigenvalue weighted by Gasteiger charge is 2.11. The minimum Gasteiger partial charge on any atom is -0.476 e. The molecule has 1 aromatic heterocycles. The monoisotopic (exact) mass is 147 g/mol. The van der Waals surface area contributed by atoms with Gasteiger partial charge in [-0.3, -0.25) is 0 Å². The maximum absolute atomic E-state index is 10.1. The van der Waals surface area contributed by atoms with E-state index in [9.17, 15) is 4.79 Å². The van der Waals surface area contributed by atoms with Crippen LogP contribution >= 0.6 is 11.6 Å². The lowest BCUT2D eigenvalue weighted by Gasteiger charge is -1.80. The third kappa shape index (κ3) is 1.02. The van der Waals surface area contributed by atoms with Crippen LogP contribution in [0.3, 0.4) is 0 Å². The molecule has 9 heavy (non-hydrogen) atoms. The minimum absolute atomic E-state index is 0.0162. The van der Waals surface area contributed by atoms with Crippen LogP contribution in [0, 0.1) is 0 Å². The largest absolute Gasteiger partial charge is 0.476 e. The molecule has 0 amide bonds. The van der Waals surface area contributed by atoms with Gasteiger partial charge in [0.1, 0.15) is 11.3 Å². The predicted molar refractivity (Wildman–Crippen MR) is 28.5 cm³/mol. The van der Waals surface area contributed by atoms with Crippen LogP contribution in [0.25, 0.3) is 0 Å². The number of hydrogen-bond donors (Lipinski definition) is 1. The van der Waals surface area contributed by atoms with E-state index in [1.54, 1.807) is 0 Å². The molecule has 0 spiro atoms. The molecule has 0 unspecified atom stereocenters. The minimum atomic E-state index is -1.19. The van der Waals surface area contributed by atoms with Crippen molar-refractivity contribution in [2.24, 2.45) is 0 Å². The van der Waals surface area contributed by atoms with E-state index in [2.05, 4.69) is 9.68 Å². The van der Waals surface area contributed by atoms with Crippen molar-refractivity contribution < 1.29 is 14.4 Å². The Morgan fingerprint density at radius 2 is 2.56 bits per heavy atom. The maximum atomic E-state index is 10.1. The van der Waals surface area contributed by atoms with Gasteiger partial charge in [-0.2, -0.15) is 0 Å². The lowest BCUT2D eigenvalue weighted by Crippen LogP contribution is -1.95. The first-order valence-corrected chi connectivity index (χ1v) is 2.43. The molecule has 1 N–H and O–H groups in total. The molecule has 0 saturated heterocycles. The summed E-state index contributed by atoms with van der Waals surface area (Å²) in [4.78, 5) is 10.1. The molecule has 1 aromatic rings. The van der Waals surface area contributed by atoms with Gasteiger partial charge < -0.3 is 9.63 Å². The standard InChI is InChI=1S/C4H2ClNO3/c5-2-1-9-6-3(2)4(7)8/h1H,(H,7,8). The Hall–Kier alpha value is -1.03. The van der Waals surface area contributed by atoms with Crippen molar-refractivity contribution in [1.82, 2.24) is 5.16 Å². The van der Waals surface area contributed by atoms with E-state index in [1.165, 1.54) is 0 Å². The predicted octanol–water partition coefficient (Wildman–Crippen LogP) is 1.03. The maximum Gasteiger partial charge on any atom is 0.359 e. The van der Waals surface area contributed by atoms with E-state index in [4.69, 9.17) is 16.7 Å². The molecule has 1 heterocycles. The molecule has 0 aliphatic carbocycles. The Morgan fingerprint density at radius 1 is 1.89 bits per heavy atom. The second-order valence-corrected chi connectivity index (χ2v) is 1.72. The first-order chi connectivity index (χ1) is 4.22. The second kappa shape index (κ2) is 2.06. The number of hydrogen-bond acceptors (Lipinski definition) is 3. The molecule has 1 rings (SSSR count). The van der Waals surface area contributed by atoms with Gasteiger partial charge in [-0.1, -0.05) is 16.8 Å². The van der Waals surface area contributed by atoms with E-state index in [-0.39, 0.29) is 10.7 Å². The van der Waals surface area contributed by atoms with Crippen LogP contribution in [0.15, 0.2) is 10.8 Å². The number of aromatic nitrogens is 1. The Balaban J connectivity index is 3.08. The van der Waals surface area contributed by atoms with Crippen LogP contribution in [0.2, 0.25) is 5.02 Å². The van der Waals surface area contributed by atoms with Gasteiger partial charge in [-0.05, 0) is 0 Å². The summed E-state index contributed by atoms with van der Waals surface area (Å²) >= 11 is 5.30. The number of aromatic carboxylic acids is 1. The Kier molecular flexibility index (Phi) is 1.40. The molecular weight excluding hydrogens is 146 g/mol. The number of carbonyl (C=O) groups is 1. The van der Waals surface area contributed by atoms with Crippen LogP contribution in [0.5, 0.6) is 0 Å². The quantitative estimate of drug-likeness (QED) is 0.644. The fourth-order valence-electron chi connectivity index (χ4n) is 0.366. The van der Waals surface area contributed by atoms with Gasteiger partial charge in [0, 0.05) is 0 Å². The SMILES string of the molecule is O=C(O)c1nocc1Cl. The van der Waals surface area contributed by atoms with Gasteiger partial charge in [0.2, 0.25) is 5.69 Å². The lowest BCUT2D eigenvalue weighted by atomic mass is 10.4. The molecule has 5 heteroatoms. The molecule has 0 saturated carbocycles. The summed E-state index contributed by atoms with van der Waals surface area (Å²) in [6, 6.07) is 0. The second-order valence-electron chi connectivity index (χ2n) is 1.32. The van der Waals surface area contributed by atoms with Crippen molar-refractivity contribution in [3.8, 4) is 0 Å². The first-order valence-electron chi connectivity index (χ1n) is 2.05. The van der Waals surface area contributed by atoms with Crippen molar-refractivity contribution in [3.63, 3.8) is 0 Å². The van der Waals surface area contributed by atoms with E-state index < -0.39 is 5.97 Å². The van der Waals surface area contributed by atoms with E-state index >= 15 is 0 Å². The van der Waals surface area contributed by atoms with Crippen LogP contribution < -0.4 is 0 Å². The topological polar surface area (TPSA) is 63.3 Å². The number of halogens is 1. The zero-order valence-corrected chi connectivity index (χ0v) is 4.92. The van der Waals surface area contributed by atoms with Crippen molar-refractivity contribution in [2.45, 2.75) is 0 Å². The third-order valence-electron chi connectivity index (χ3n) is 0.729. The zero-order chi connectivity index (χ0) is 6.85. The Labute approximate surface area is 55.0 Å². The van der Waals surface area contributed by atoms with Crippen LogP contribution in [-0.2, 0) is 0 Å². The average molecular weight is 148 g/mol. The molecule has 4 nitrogen and oxygen atoms in total. The van der Waals surface area contributed by atoms with Crippen molar-refractivity contribution >= 4 is 17.6 Å². The molecule has 0 bridgehead atoms. The van der Waals surface area contributed by atoms with Gasteiger partial charge in [-0.15, -0.1) is 0 Å². The van der Waals surface area contributed by atoms with Crippen molar-refractivity contribution in [3.05, 3.63) is 17.0 Å². The average Bonchev–Trinajstić information content (AvgIpc) is 2.13. The van der Waals surface area contributed by atoms with Gasteiger partial charge in [-0.25, -0.2) is 4.79 Å². The fourth-order valence-corrected chi connectivity index (χ4v) is 0.521. The lowest BCUT2D eigenvalue weighted by molar-refractivity contribution is 0.0686. The number of carboxylic acid groups (broad SMARTS) is 1. The summed E-state index contributed by atoms with van der Waals surface area (Å²) in [5.74, 6) is -1.19. The number of carboxylic acids is 1. The van der Waals surface area contributed by atoms with Crippen LogP contribution in [-0.4, -0.2) is 16.2 Å². The van der Waals surface area contributed by atoms with Gasteiger partial charge in [0.25, 0.3) is 0 Å². The number of rotatable bonds is 1. The summed E-state index contributed by atoms with van der Waals surface area (Å²) in [6.07, 6.45) is 1.06. The highest BCUT2D eigenvalue weighted by molar-refractivity contribution is 6.33.